The number of fused-ring (bicyclic) bond motifs is 1. The average molecular weight is 291 g/mol. The Morgan fingerprint density at radius 3 is 2.68 bits per heavy atom. The Kier molecular flexibility index (Phi) is 4.71. The zero-order valence-electron chi connectivity index (χ0n) is 12.9. The van der Waals surface area contributed by atoms with E-state index >= 15 is 0 Å². The van der Waals surface area contributed by atoms with Crippen LogP contribution in [0.3, 0.4) is 0 Å². The minimum Gasteiger partial charge on any atom is -0.489 e. The van der Waals surface area contributed by atoms with Crippen molar-refractivity contribution < 1.29 is 4.74 Å². The molecule has 3 rings (SSSR count). The number of hydrogen-bond donors (Lipinski definition) is 0. The van der Waals surface area contributed by atoms with E-state index in [1.165, 1.54) is 16.7 Å². The van der Waals surface area contributed by atoms with Crippen LogP contribution < -0.4 is 4.74 Å². The second kappa shape index (κ2) is 7.10. The number of nitrogens with zero attached hydrogens (tertiary/aromatic N) is 1. The number of rotatable bonds is 5. The summed E-state index contributed by atoms with van der Waals surface area (Å²) in [7, 11) is 2.15. The van der Waals surface area contributed by atoms with E-state index in [2.05, 4.69) is 66.6 Å². The van der Waals surface area contributed by atoms with Gasteiger partial charge in [-0.1, -0.05) is 60.7 Å². The lowest BCUT2D eigenvalue weighted by atomic mass is 10.0. The summed E-state index contributed by atoms with van der Waals surface area (Å²) in [5, 5.41) is 0. The fourth-order valence-corrected chi connectivity index (χ4v) is 2.64. The second-order valence-corrected chi connectivity index (χ2v) is 5.55. The summed E-state index contributed by atoms with van der Waals surface area (Å²) < 4.78 is 5.67. The molecule has 0 N–H and O–H groups in total. The number of para-hydroxylation sites is 1. The minimum atomic E-state index is 0.667. The molecule has 0 aliphatic carbocycles. The van der Waals surface area contributed by atoms with Crippen molar-refractivity contribution >= 4 is 11.6 Å². The van der Waals surface area contributed by atoms with Gasteiger partial charge in [0.1, 0.15) is 12.4 Å². The third kappa shape index (κ3) is 3.66. The third-order valence-corrected chi connectivity index (χ3v) is 3.77. The van der Waals surface area contributed by atoms with Crippen molar-refractivity contribution in [3.63, 3.8) is 0 Å². The highest BCUT2D eigenvalue weighted by Crippen LogP contribution is 2.29. The summed E-state index contributed by atoms with van der Waals surface area (Å²) in [5.74, 6) is 0.994. The van der Waals surface area contributed by atoms with Crippen molar-refractivity contribution in [3.8, 4) is 5.75 Å². The van der Waals surface area contributed by atoms with Crippen LogP contribution in [0.4, 0.5) is 0 Å². The van der Waals surface area contributed by atoms with E-state index in [0.717, 1.165) is 18.8 Å². The molecule has 1 aliphatic rings. The second-order valence-electron chi connectivity index (χ2n) is 5.55. The maximum absolute atomic E-state index is 5.67. The van der Waals surface area contributed by atoms with Gasteiger partial charge in [0.15, 0.2) is 0 Å². The van der Waals surface area contributed by atoms with Crippen LogP contribution in [0.15, 0.2) is 66.7 Å². The molecule has 0 radical (unpaired) electrons. The van der Waals surface area contributed by atoms with E-state index < -0.39 is 0 Å². The predicted molar refractivity (Wildman–Crippen MR) is 92.9 cm³/mol. The quantitative estimate of drug-likeness (QED) is 0.822. The lowest BCUT2D eigenvalue weighted by Gasteiger charge is -2.22. The molecule has 0 bridgehead atoms. The molecule has 1 aliphatic heterocycles. The standard InChI is InChI=1S/C20H21NO/c1-21(14-7-10-17-8-3-2-4-9-17)16-18-13-15-22-20-12-6-5-11-19(18)20/h2-13H,14-16H2,1H3. The topological polar surface area (TPSA) is 12.5 Å². The van der Waals surface area contributed by atoms with Crippen LogP contribution in [0.2, 0.25) is 0 Å². The largest absolute Gasteiger partial charge is 0.489 e. The van der Waals surface area contributed by atoms with Gasteiger partial charge in [0.05, 0.1) is 0 Å². The molecule has 2 aromatic rings. The van der Waals surface area contributed by atoms with Gasteiger partial charge in [-0.05, 0) is 30.3 Å². The zero-order valence-corrected chi connectivity index (χ0v) is 12.9. The average Bonchev–Trinajstić information content (AvgIpc) is 2.56. The molecule has 2 heteroatoms. The van der Waals surface area contributed by atoms with Crippen molar-refractivity contribution in [2.45, 2.75) is 0 Å². The number of hydrogen-bond acceptors (Lipinski definition) is 2. The maximum atomic E-state index is 5.67. The highest BCUT2D eigenvalue weighted by molar-refractivity contribution is 5.73. The van der Waals surface area contributed by atoms with Crippen LogP contribution in [0.1, 0.15) is 11.1 Å². The summed E-state index contributed by atoms with van der Waals surface area (Å²) in [6.45, 7) is 2.52. The molecule has 0 fully saturated rings. The van der Waals surface area contributed by atoms with Crippen molar-refractivity contribution in [1.82, 2.24) is 4.90 Å². The summed E-state index contributed by atoms with van der Waals surface area (Å²) in [6.07, 6.45) is 6.56. The molecule has 1 heterocycles. The molecule has 0 saturated carbocycles. The van der Waals surface area contributed by atoms with Gasteiger partial charge in [0, 0.05) is 18.7 Å². The van der Waals surface area contributed by atoms with Gasteiger partial charge < -0.3 is 4.74 Å². The molecule has 0 saturated heterocycles. The van der Waals surface area contributed by atoms with Crippen LogP contribution >= 0.6 is 0 Å². The Labute approximate surface area is 132 Å². The van der Waals surface area contributed by atoms with Crippen molar-refractivity contribution in [1.29, 1.82) is 0 Å². The maximum Gasteiger partial charge on any atom is 0.127 e. The predicted octanol–water partition coefficient (Wildman–Crippen LogP) is 4.11. The van der Waals surface area contributed by atoms with E-state index in [4.69, 9.17) is 4.74 Å². The lowest BCUT2D eigenvalue weighted by molar-refractivity contribution is 0.352. The molecular weight excluding hydrogens is 270 g/mol. The number of likely N-dealkylation sites (N-methyl/N-ethyl adjacent to an activating group) is 1. The van der Waals surface area contributed by atoms with Crippen LogP contribution in [0, 0.1) is 0 Å². The normalized spacial score (nSPS) is 13.8. The Morgan fingerprint density at radius 1 is 1.05 bits per heavy atom. The molecular formula is C20H21NO. The Hall–Kier alpha value is -2.32. The molecule has 2 nitrogen and oxygen atoms in total. The third-order valence-electron chi connectivity index (χ3n) is 3.77. The molecule has 22 heavy (non-hydrogen) atoms. The summed E-state index contributed by atoms with van der Waals surface area (Å²) in [5.41, 5.74) is 3.80. The van der Waals surface area contributed by atoms with Crippen molar-refractivity contribution in [3.05, 3.63) is 77.9 Å². The molecule has 0 atom stereocenters. The van der Waals surface area contributed by atoms with Crippen LogP contribution in [-0.2, 0) is 0 Å². The molecule has 2 aromatic carbocycles. The van der Waals surface area contributed by atoms with Gasteiger partial charge in [-0.2, -0.15) is 0 Å². The van der Waals surface area contributed by atoms with E-state index in [0.29, 0.717) is 6.61 Å². The minimum absolute atomic E-state index is 0.667. The smallest absolute Gasteiger partial charge is 0.127 e. The zero-order chi connectivity index (χ0) is 15.2. The first-order valence-electron chi connectivity index (χ1n) is 7.64. The lowest BCUT2D eigenvalue weighted by Crippen LogP contribution is -2.22. The number of benzene rings is 2. The first-order chi connectivity index (χ1) is 10.8. The Balaban J connectivity index is 1.59. The van der Waals surface area contributed by atoms with Crippen LogP contribution in [-0.4, -0.2) is 31.6 Å². The van der Waals surface area contributed by atoms with Gasteiger partial charge in [0.25, 0.3) is 0 Å². The van der Waals surface area contributed by atoms with Crippen molar-refractivity contribution in [2.24, 2.45) is 0 Å². The first kappa shape index (κ1) is 14.6. The Morgan fingerprint density at radius 2 is 1.82 bits per heavy atom. The van der Waals surface area contributed by atoms with E-state index in [-0.39, 0.29) is 0 Å². The number of ether oxygens (including phenoxy) is 1. The SMILES string of the molecule is CN(CC=Cc1ccccc1)CC1=CCOc2ccccc21. The van der Waals surface area contributed by atoms with Crippen LogP contribution in [0.25, 0.3) is 11.6 Å². The van der Waals surface area contributed by atoms with E-state index in [9.17, 15) is 0 Å². The summed E-state index contributed by atoms with van der Waals surface area (Å²) >= 11 is 0. The molecule has 0 aromatic heterocycles. The molecule has 112 valence electrons. The Bertz CT molecular complexity index is 673. The van der Waals surface area contributed by atoms with E-state index in [1.54, 1.807) is 0 Å². The first-order valence-corrected chi connectivity index (χ1v) is 7.64. The molecule has 0 unspecified atom stereocenters. The van der Waals surface area contributed by atoms with Gasteiger partial charge in [-0.25, -0.2) is 0 Å². The van der Waals surface area contributed by atoms with Crippen molar-refractivity contribution in [2.75, 3.05) is 26.7 Å². The summed E-state index contributed by atoms with van der Waals surface area (Å²) in [6, 6.07) is 18.7. The van der Waals surface area contributed by atoms with Gasteiger partial charge in [-0.15, -0.1) is 0 Å². The fraction of sp³-hybridized carbons (Fsp3) is 0.200. The van der Waals surface area contributed by atoms with E-state index in [1.807, 2.05) is 18.2 Å². The highest BCUT2D eigenvalue weighted by atomic mass is 16.5. The monoisotopic (exact) mass is 291 g/mol. The molecule has 0 amide bonds. The van der Waals surface area contributed by atoms with Gasteiger partial charge in [0.2, 0.25) is 0 Å². The van der Waals surface area contributed by atoms with Crippen LogP contribution in [0.5, 0.6) is 5.75 Å². The summed E-state index contributed by atoms with van der Waals surface area (Å²) in [4.78, 5) is 2.31. The fourth-order valence-electron chi connectivity index (χ4n) is 2.64. The van der Waals surface area contributed by atoms with Gasteiger partial charge in [-0.3, -0.25) is 4.90 Å². The molecule has 0 spiro atoms. The highest BCUT2D eigenvalue weighted by Gasteiger charge is 2.13. The van der Waals surface area contributed by atoms with Gasteiger partial charge >= 0.3 is 0 Å².